The zero-order chi connectivity index (χ0) is 14.6. The molecule has 0 heterocycles. The van der Waals surface area contributed by atoms with Gasteiger partial charge in [-0.1, -0.05) is 11.6 Å². The van der Waals surface area contributed by atoms with Gasteiger partial charge >= 0.3 is 0 Å². The third-order valence-corrected chi connectivity index (χ3v) is 2.75. The number of amides is 1. The van der Waals surface area contributed by atoms with E-state index in [2.05, 4.69) is 5.32 Å². The average molecular weight is 289 g/mol. The van der Waals surface area contributed by atoms with Crippen LogP contribution >= 0.6 is 11.6 Å². The summed E-state index contributed by atoms with van der Waals surface area (Å²) < 4.78 is 0. The van der Waals surface area contributed by atoms with Crippen LogP contribution < -0.4 is 5.32 Å². The summed E-state index contributed by atoms with van der Waals surface area (Å²) in [7, 11) is 0. The highest BCUT2D eigenvalue weighted by Crippen LogP contribution is 2.23. The molecule has 1 aromatic carbocycles. The number of carbonyl (C=O) groups is 1. The lowest BCUT2D eigenvalue weighted by molar-refractivity contribution is -0.385. The molecule has 0 aliphatic rings. The van der Waals surface area contributed by atoms with Gasteiger partial charge in [0.25, 0.3) is 11.6 Å². The predicted octanol–water partition coefficient (Wildman–Crippen LogP) is 0.721. The van der Waals surface area contributed by atoms with Crippen molar-refractivity contribution in [3.63, 3.8) is 0 Å². The highest BCUT2D eigenvalue weighted by atomic mass is 35.5. The number of nitro groups is 1. The Hall–Kier alpha value is -1.70. The van der Waals surface area contributed by atoms with Gasteiger partial charge in [0, 0.05) is 11.1 Å². The van der Waals surface area contributed by atoms with Gasteiger partial charge in [0.05, 0.1) is 23.7 Å². The number of aliphatic hydroxyl groups is 2. The van der Waals surface area contributed by atoms with Crippen molar-refractivity contribution in [1.29, 1.82) is 0 Å². The Morgan fingerprint density at radius 3 is 2.53 bits per heavy atom. The van der Waals surface area contributed by atoms with Crippen LogP contribution in [0, 0.1) is 10.1 Å². The SMILES string of the molecule is CC(CO)(CO)NC(=O)c1ccc(Cl)cc1[N+](=O)[O-]. The van der Waals surface area contributed by atoms with Crippen LogP contribution in [-0.2, 0) is 0 Å². The molecule has 1 amide bonds. The average Bonchev–Trinajstić information content (AvgIpc) is 2.38. The highest BCUT2D eigenvalue weighted by Gasteiger charge is 2.28. The molecule has 0 aliphatic heterocycles. The number of nitro benzene ring substituents is 1. The molecule has 19 heavy (non-hydrogen) atoms. The molecule has 0 radical (unpaired) electrons. The van der Waals surface area contributed by atoms with Crippen molar-refractivity contribution in [2.24, 2.45) is 0 Å². The number of halogens is 1. The number of nitrogens with zero attached hydrogens (tertiary/aromatic N) is 1. The van der Waals surface area contributed by atoms with E-state index in [4.69, 9.17) is 21.8 Å². The van der Waals surface area contributed by atoms with Gasteiger partial charge < -0.3 is 15.5 Å². The fourth-order valence-corrected chi connectivity index (χ4v) is 1.48. The Kier molecular flexibility index (Phi) is 4.82. The Morgan fingerprint density at radius 1 is 1.47 bits per heavy atom. The van der Waals surface area contributed by atoms with Gasteiger partial charge in [-0.3, -0.25) is 14.9 Å². The number of hydrogen-bond acceptors (Lipinski definition) is 5. The van der Waals surface area contributed by atoms with E-state index < -0.39 is 35.3 Å². The first-order chi connectivity index (χ1) is 8.83. The molecule has 0 saturated carbocycles. The third-order valence-electron chi connectivity index (χ3n) is 2.51. The van der Waals surface area contributed by atoms with Gasteiger partial charge in [0.1, 0.15) is 5.56 Å². The van der Waals surface area contributed by atoms with Crippen LogP contribution in [0.1, 0.15) is 17.3 Å². The Bertz CT molecular complexity index is 502. The lowest BCUT2D eigenvalue weighted by atomic mass is 10.0. The minimum absolute atomic E-state index is 0.135. The summed E-state index contributed by atoms with van der Waals surface area (Å²) in [5.74, 6) is -0.769. The summed E-state index contributed by atoms with van der Waals surface area (Å²) in [6, 6.07) is 3.62. The minimum atomic E-state index is -1.26. The van der Waals surface area contributed by atoms with E-state index in [-0.39, 0.29) is 10.6 Å². The fourth-order valence-electron chi connectivity index (χ4n) is 1.32. The lowest BCUT2D eigenvalue weighted by Crippen LogP contribution is -2.51. The maximum Gasteiger partial charge on any atom is 0.283 e. The number of hydrogen-bond donors (Lipinski definition) is 3. The van der Waals surface area contributed by atoms with Crippen molar-refractivity contribution in [1.82, 2.24) is 5.32 Å². The molecule has 0 aliphatic carbocycles. The van der Waals surface area contributed by atoms with Crippen LogP contribution in [0.15, 0.2) is 18.2 Å². The minimum Gasteiger partial charge on any atom is -0.394 e. The first kappa shape index (κ1) is 15.4. The van der Waals surface area contributed by atoms with E-state index in [9.17, 15) is 14.9 Å². The van der Waals surface area contributed by atoms with E-state index in [0.29, 0.717) is 0 Å². The molecule has 1 aromatic rings. The van der Waals surface area contributed by atoms with Crippen molar-refractivity contribution < 1.29 is 19.9 Å². The van der Waals surface area contributed by atoms with Gasteiger partial charge in [-0.25, -0.2) is 0 Å². The number of benzene rings is 1. The van der Waals surface area contributed by atoms with Crippen LogP contribution in [0.25, 0.3) is 0 Å². The molecular formula is C11H13ClN2O5. The maximum absolute atomic E-state index is 11.9. The van der Waals surface area contributed by atoms with E-state index >= 15 is 0 Å². The molecule has 1 rings (SSSR count). The number of aliphatic hydroxyl groups excluding tert-OH is 2. The van der Waals surface area contributed by atoms with Crippen LogP contribution in [0.2, 0.25) is 5.02 Å². The molecule has 104 valence electrons. The molecule has 0 aromatic heterocycles. The monoisotopic (exact) mass is 288 g/mol. The van der Waals surface area contributed by atoms with Gasteiger partial charge in [-0.15, -0.1) is 0 Å². The molecule has 7 nitrogen and oxygen atoms in total. The molecule has 0 saturated heterocycles. The zero-order valence-corrected chi connectivity index (χ0v) is 10.8. The topological polar surface area (TPSA) is 113 Å². The molecular weight excluding hydrogens is 276 g/mol. The van der Waals surface area contributed by atoms with Crippen LogP contribution in [0.3, 0.4) is 0 Å². The third kappa shape index (κ3) is 3.63. The molecule has 0 atom stereocenters. The second-order valence-electron chi connectivity index (χ2n) is 4.25. The first-order valence-electron chi connectivity index (χ1n) is 5.31. The summed E-state index contributed by atoms with van der Waals surface area (Å²) in [4.78, 5) is 22.1. The summed E-state index contributed by atoms with van der Waals surface area (Å²) in [6.07, 6.45) is 0. The van der Waals surface area contributed by atoms with Gasteiger partial charge in [0.15, 0.2) is 0 Å². The maximum atomic E-state index is 11.9. The number of nitrogens with one attached hydrogen (secondary N) is 1. The van der Waals surface area contributed by atoms with E-state index in [1.807, 2.05) is 0 Å². The predicted molar refractivity (Wildman–Crippen MR) is 68.1 cm³/mol. The standard InChI is InChI=1S/C11H13ClN2O5/c1-11(5-15,6-16)13-10(17)8-3-2-7(12)4-9(8)14(18)19/h2-4,15-16H,5-6H2,1H3,(H,13,17). The number of carbonyl (C=O) groups excluding carboxylic acids is 1. The molecule has 8 heteroatoms. The van der Waals surface area contributed by atoms with Crippen LogP contribution in [0.4, 0.5) is 5.69 Å². The Labute approximate surface area is 114 Å². The number of rotatable bonds is 5. The van der Waals surface area contributed by atoms with Crippen molar-refractivity contribution in [2.75, 3.05) is 13.2 Å². The van der Waals surface area contributed by atoms with Crippen molar-refractivity contribution in [2.45, 2.75) is 12.5 Å². The van der Waals surface area contributed by atoms with Crippen molar-refractivity contribution >= 4 is 23.2 Å². The quantitative estimate of drug-likeness (QED) is 0.546. The Morgan fingerprint density at radius 2 is 2.05 bits per heavy atom. The van der Waals surface area contributed by atoms with E-state index in [1.54, 1.807) is 0 Å². The second-order valence-corrected chi connectivity index (χ2v) is 4.69. The van der Waals surface area contributed by atoms with Crippen molar-refractivity contribution in [3.05, 3.63) is 38.9 Å². The molecule has 0 bridgehead atoms. The smallest absolute Gasteiger partial charge is 0.283 e. The summed E-state index contributed by atoms with van der Waals surface area (Å²) in [5.41, 5.74) is -1.89. The van der Waals surface area contributed by atoms with E-state index in [0.717, 1.165) is 6.07 Å². The van der Waals surface area contributed by atoms with Gasteiger partial charge in [-0.05, 0) is 19.1 Å². The zero-order valence-electron chi connectivity index (χ0n) is 10.1. The largest absolute Gasteiger partial charge is 0.394 e. The highest BCUT2D eigenvalue weighted by molar-refractivity contribution is 6.31. The lowest BCUT2D eigenvalue weighted by Gasteiger charge is -2.26. The van der Waals surface area contributed by atoms with Crippen LogP contribution in [0.5, 0.6) is 0 Å². The second kappa shape index (κ2) is 5.96. The summed E-state index contributed by atoms with van der Waals surface area (Å²) >= 11 is 5.64. The Balaban J connectivity index is 3.10. The summed E-state index contributed by atoms with van der Waals surface area (Å²) in [5, 5.41) is 31.5. The van der Waals surface area contributed by atoms with Gasteiger partial charge in [0.2, 0.25) is 0 Å². The normalized spacial score (nSPS) is 11.2. The molecule has 0 fully saturated rings. The fraction of sp³-hybridized carbons (Fsp3) is 0.364. The van der Waals surface area contributed by atoms with Gasteiger partial charge in [-0.2, -0.15) is 0 Å². The van der Waals surface area contributed by atoms with E-state index in [1.165, 1.54) is 19.1 Å². The molecule has 0 spiro atoms. The summed E-state index contributed by atoms with van der Waals surface area (Å²) in [6.45, 7) is 0.403. The first-order valence-corrected chi connectivity index (χ1v) is 5.69. The van der Waals surface area contributed by atoms with Crippen LogP contribution in [-0.4, -0.2) is 39.8 Å². The molecule has 3 N–H and O–H groups in total. The molecule has 0 unspecified atom stereocenters. The van der Waals surface area contributed by atoms with Crippen molar-refractivity contribution in [3.8, 4) is 0 Å².